The minimum atomic E-state index is -0.866. The Hall–Kier alpha value is -4.08. The summed E-state index contributed by atoms with van der Waals surface area (Å²) in [7, 11) is 0. The summed E-state index contributed by atoms with van der Waals surface area (Å²) in [5.41, 5.74) is 3.75. The molecule has 1 amide bonds. The highest BCUT2D eigenvalue weighted by molar-refractivity contribution is 6.28. The van der Waals surface area contributed by atoms with Crippen molar-refractivity contribution in [1.29, 1.82) is 0 Å². The zero-order chi connectivity index (χ0) is 24.5. The van der Waals surface area contributed by atoms with Crippen molar-refractivity contribution in [1.82, 2.24) is 10.1 Å². The van der Waals surface area contributed by atoms with E-state index in [-0.39, 0.29) is 18.3 Å². The highest BCUT2D eigenvalue weighted by Gasteiger charge is 2.34. The molecule has 0 unspecified atom stereocenters. The Labute approximate surface area is 201 Å². The molecule has 5 rings (SSSR count). The summed E-state index contributed by atoms with van der Waals surface area (Å²) in [5.74, 6) is -0.443. The Kier molecular flexibility index (Phi) is 6.02. The summed E-state index contributed by atoms with van der Waals surface area (Å²) in [6.07, 6.45) is 0.123. The number of benzene rings is 2. The van der Waals surface area contributed by atoms with Gasteiger partial charge in [0, 0.05) is 56.0 Å². The second-order valence-corrected chi connectivity index (χ2v) is 8.53. The lowest BCUT2D eigenvalue weighted by molar-refractivity contribution is -0.137. The van der Waals surface area contributed by atoms with Crippen LogP contribution in [0.1, 0.15) is 35.7 Å². The molecule has 2 aliphatic rings. The van der Waals surface area contributed by atoms with Crippen LogP contribution in [0, 0.1) is 0 Å². The number of fused-ring (bicyclic) bond motifs is 2. The lowest BCUT2D eigenvalue weighted by atomic mass is 9.86. The fraction of sp³-hybridized carbons (Fsp3) is 0.360. The summed E-state index contributed by atoms with van der Waals surface area (Å²) in [4.78, 5) is 40.4. The SMILES string of the molecule is CCOC(=O)N1CCN(c2cc(NCCCC(=O)O)c3c4c(onc24)-c2ccccc2C3=O)CC1. The third-order valence-electron chi connectivity index (χ3n) is 6.41. The van der Waals surface area contributed by atoms with E-state index in [0.717, 1.165) is 5.69 Å². The van der Waals surface area contributed by atoms with Crippen LogP contribution in [-0.2, 0) is 9.53 Å². The van der Waals surface area contributed by atoms with Crippen LogP contribution < -0.4 is 10.2 Å². The molecule has 0 saturated carbocycles. The largest absolute Gasteiger partial charge is 0.481 e. The number of carbonyl (C=O) groups excluding carboxylic acids is 2. The zero-order valence-electron chi connectivity index (χ0n) is 19.4. The molecule has 2 heterocycles. The number of ketones is 1. The Morgan fingerprint density at radius 1 is 1.17 bits per heavy atom. The first kappa shape index (κ1) is 22.7. The second kappa shape index (κ2) is 9.28. The van der Waals surface area contributed by atoms with Crippen LogP contribution in [0.3, 0.4) is 0 Å². The standard InChI is InChI=1S/C25H26N4O6/c1-2-34-25(33)29-12-10-28(11-13-29)18-14-17(26-9-5-8-19(30)31)20-21-22(18)27-35-24(21)16-7-4-3-6-15(16)23(20)32/h3-4,6-7,14,26H,2,5,8-13H2,1H3,(H,30,31). The van der Waals surface area contributed by atoms with E-state index in [2.05, 4.69) is 15.4 Å². The fourth-order valence-electron chi connectivity index (χ4n) is 4.73. The molecule has 182 valence electrons. The van der Waals surface area contributed by atoms with Gasteiger partial charge in [0.05, 0.1) is 23.2 Å². The summed E-state index contributed by atoms with van der Waals surface area (Å²) >= 11 is 0. The Balaban J connectivity index is 1.54. The van der Waals surface area contributed by atoms with Crippen LogP contribution in [0.2, 0.25) is 0 Å². The molecule has 1 fully saturated rings. The van der Waals surface area contributed by atoms with Crippen molar-refractivity contribution in [3.63, 3.8) is 0 Å². The molecule has 0 spiro atoms. The van der Waals surface area contributed by atoms with Crippen LogP contribution in [0.5, 0.6) is 0 Å². The lowest BCUT2D eigenvalue weighted by Crippen LogP contribution is -2.49. The maximum atomic E-state index is 13.5. The van der Waals surface area contributed by atoms with Gasteiger partial charge < -0.3 is 29.5 Å². The highest BCUT2D eigenvalue weighted by atomic mass is 16.6. The monoisotopic (exact) mass is 478 g/mol. The molecule has 2 N–H and O–H groups in total. The van der Waals surface area contributed by atoms with Gasteiger partial charge in [0.1, 0.15) is 5.52 Å². The Morgan fingerprint density at radius 3 is 2.63 bits per heavy atom. The molecule has 0 radical (unpaired) electrons. The van der Waals surface area contributed by atoms with Gasteiger partial charge in [-0.1, -0.05) is 29.4 Å². The number of piperazine rings is 1. The molecule has 1 saturated heterocycles. The van der Waals surface area contributed by atoms with Crippen LogP contribution in [-0.4, -0.2) is 72.3 Å². The van der Waals surface area contributed by atoms with Gasteiger partial charge in [-0.15, -0.1) is 0 Å². The van der Waals surface area contributed by atoms with Crippen molar-refractivity contribution >= 4 is 40.1 Å². The third kappa shape index (κ3) is 4.05. The first-order chi connectivity index (χ1) is 17.0. The molecule has 10 nitrogen and oxygen atoms in total. The molecule has 35 heavy (non-hydrogen) atoms. The van der Waals surface area contributed by atoms with Crippen molar-refractivity contribution in [2.75, 3.05) is 49.5 Å². The number of carboxylic acid groups (broad SMARTS) is 1. The average molecular weight is 479 g/mol. The average Bonchev–Trinajstić information content (AvgIpc) is 3.31. The predicted molar refractivity (Wildman–Crippen MR) is 129 cm³/mol. The maximum absolute atomic E-state index is 13.5. The fourth-order valence-corrected chi connectivity index (χ4v) is 4.73. The predicted octanol–water partition coefficient (Wildman–Crippen LogP) is 3.59. The van der Waals surface area contributed by atoms with Crippen LogP contribution in [0.25, 0.3) is 22.2 Å². The second-order valence-electron chi connectivity index (χ2n) is 8.53. The number of anilines is 2. The van der Waals surface area contributed by atoms with Gasteiger partial charge in [0.25, 0.3) is 0 Å². The number of ether oxygens (including phenoxy) is 1. The number of hydrogen-bond acceptors (Lipinski definition) is 8. The maximum Gasteiger partial charge on any atom is 0.409 e. The van der Waals surface area contributed by atoms with Crippen LogP contribution in [0.15, 0.2) is 34.9 Å². The number of hydrogen-bond donors (Lipinski definition) is 2. The minimum absolute atomic E-state index is 0.0303. The molecule has 3 aromatic rings. The van der Waals surface area contributed by atoms with Crippen molar-refractivity contribution in [2.45, 2.75) is 19.8 Å². The normalized spacial score (nSPS) is 14.7. The Bertz CT molecular complexity index is 1310. The van der Waals surface area contributed by atoms with Crippen LogP contribution >= 0.6 is 0 Å². The number of aliphatic carboxylic acids is 1. The van der Waals surface area contributed by atoms with Crippen molar-refractivity contribution in [2.24, 2.45) is 0 Å². The van der Waals surface area contributed by atoms with E-state index in [4.69, 9.17) is 14.4 Å². The van der Waals surface area contributed by atoms with Crippen molar-refractivity contribution in [3.05, 3.63) is 41.5 Å². The van der Waals surface area contributed by atoms with E-state index < -0.39 is 5.97 Å². The molecule has 10 heteroatoms. The van der Waals surface area contributed by atoms with Crippen molar-refractivity contribution in [3.8, 4) is 11.3 Å². The number of nitrogens with zero attached hydrogens (tertiary/aromatic N) is 3. The van der Waals surface area contributed by atoms with E-state index in [1.165, 1.54) is 0 Å². The zero-order valence-corrected chi connectivity index (χ0v) is 19.4. The molecule has 1 aliphatic heterocycles. The molecule has 1 aliphatic carbocycles. The van der Waals surface area contributed by atoms with Gasteiger partial charge >= 0.3 is 12.1 Å². The first-order valence-electron chi connectivity index (χ1n) is 11.7. The van der Waals surface area contributed by atoms with Crippen LogP contribution in [0.4, 0.5) is 16.2 Å². The number of amides is 1. The third-order valence-corrected chi connectivity index (χ3v) is 6.41. The summed E-state index contributed by atoms with van der Waals surface area (Å²) in [6.45, 7) is 4.64. The van der Waals surface area contributed by atoms with Gasteiger partial charge in [-0.2, -0.15) is 0 Å². The number of carboxylic acids is 1. The van der Waals surface area contributed by atoms with Gasteiger partial charge in [0.15, 0.2) is 11.5 Å². The topological polar surface area (TPSA) is 125 Å². The smallest absolute Gasteiger partial charge is 0.409 e. The van der Waals surface area contributed by atoms with E-state index in [0.29, 0.717) is 84.8 Å². The highest BCUT2D eigenvalue weighted by Crippen LogP contribution is 2.45. The van der Waals surface area contributed by atoms with Gasteiger partial charge in [0.2, 0.25) is 0 Å². The van der Waals surface area contributed by atoms with Gasteiger partial charge in [-0.3, -0.25) is 9.59 Å². The van der Waals surface area contributed by atoms with E-state index in [1.54, 1.807) is 17.9 Å². The van der Waals surface area contributed by atoms with Gasteiger partial charge in [-0.25, -0.2) is 4.79 Å². The number of carbonyl (C=O) groups is 3. The number of rotatable bonds is 7. The summed E-state index contributed by atoms with van der Waals surface area (Å²) in [5, 5.41) is 17.3. The first-order valence-corrected chi connectivity index (χ1v) is 11.7. The van der Waals surface area contributed by atoms with Crippen molar-refractivity contribution < 1.29 is 28.8 Å². The minimum Gasteiger partial charge on any atom is -0.481 e. The van der Waals surface area contributed by atoms with E-state index in [1.807, 2.05) is 24.3 Å². The number of nitrogens with one attached hydrogen (secondary N) is 1. The molecule has 2 aromatic carbocycles. The summed E-state index contributed by atoms with van der Waals surface area (Å²) in [6, 6.07) is 9.17. The quantitative estimate of drug-likeness (QED) is 0.383. The number of aromatic nitrogens is 1. The molecule has 0 bridgehead atoms. The van der Waals surface area contributed by atoms with E-state index >= 15 is 0 Å². The molecular weight excluding hydrogens is 452 g/mol. The molecular formula is C25H26N4O6. The van der Waals surface area contributed by atoms with E-state index in [9.17, 15) is 14.4 Å². The van der Waals surface area contributed by atoms with Gasteiger partial charge in [-0.05, 0) is 19.4 Å². The molecule has 1 aromatic heterocycles. The molecule has 0 atom stereocenters. The lowest BCUT2D eigenvalue weighted by Gasteiger charge is -2.36. The summed E-state index contributed by atoms with van der Waals surface area (Å²) < 4.78 is 10.9. The Morgan fingerprint density at radius 2 is 1.91 bits per heavy atom.